The topological polar surface area (TPSA) is 58.6 Å². The summed E-state index contributed by atoms with van der Waals surface area (Å²) in [5.74, 6) is -0.0820. The molecule has 1 saturated heterocycles. The number of halogens is 1. The molecule has 1 heterocycles. The second-order valence-corrected chi connectivity index (χ2v) is 5.08. The molecule has 0 radical (unpaired) electrons. The Kier molecular flexibility index (Phi) is 3.78. The average molecular weight is 270 g/mol. The second-order valence-electron chi connectivity index (χ2n) is 4.65. The van der Waals surface area contributed by atoms with Gasteiger partial charge in [0, 0.05) is 11.6 Å². The number of nitrogens with one attached hydrogen (secondary N) is 1. The first kappa shape index (κ1) is 13.2. The molecule has 1 aliphatic heterocycles. The van der Waals surface area contributed by atoms with Gasteiger partial charge in [-0.3, -0.25) is 4.79 Å². The third kappa shape index (κ3) is 2.44. The molecule has 0 amide bonds. The third-order valence-corrected chi connectivity index (χ3v) is 3.70. The molecule has 1 aliphatic rings. The largest absolute Gasteiger partial charge is 0.496 e. The molecule has 0 spiro atoms. The monoisotopic (exact) mass is 269 g/mol. The summed E-state index contributed by atoms with van der Waals surface area (Å²) in [4.78, 5) is 11.5. The molecule has 5 heteroatoms. The summed E-state index contributed by atoms with van der Waals surface area (Å²) < 4.78 is 5.26. The van der Waals surface area contributed by atoms with Crippen LogP contribution >= 0.6 is 11.6 Å². The fourth-order valence-corrected chi connectivity index (χ4v) is 2.60. The lowest BCUT2D eigenvalue weighted by molar-refractivity contribution is -0.147. The summed E-state index contributed by atoms with van der Waals surface area (Å²) in [7, 11) is 1.58. The summed E-state index contributed by atoms with van der Waals surface area (Å²) in [6.45, 7) is 1.22. The molecule has 0 aromatic heterocycles. The van der Waals surface area contributed by atoms with Crippen LogP contribution in [0.3, 0.4) is 0 Å². The van der Waals surface area contributed by atoms with Crippen LogP contribution in [0.25, 0.3) is 0 Å². The Labute approximate surface area is 111 Å². The molecule has 1 fully saturated rings. The minimum atomic E-state index is -0.769. The molecule has 1 aromatic rings. The minimum absolute atomic E-state index is 0.430. The van der Waals surface area contributed by atoms with Gasteiger partial charge in [-0.1, -0.05) is 11.6 Å². The summed E-state index contributed by atoms with van der Waals surface area (Å²) in [6.07, 6.45) is 1.05. The number of aliphatic carboxylic acids is 1. The van der Waals surface area contributed by atoms with E-state index in [1.165, 1.54) is 0 Å². The first-order valence-electron chi connectivity index (χ1n) is 5.84. The number of methoxy groups -OCH3 is 1. The molecule has 4 nitrogen and oxygen atoms in total. The van der Waals surface area contributed by atoms with Crippen LogP contribution in [0.2, 0.25) is 5.02 Å². The van der Waals surface area contributed by atoms with E-state index in [9.17, 15) is 9.90 Å². The van der Waals surface area contributed by atoms with Crippen LogP contribution in [0, 0.1) is 5.41 Å². The Balaban J connectivity index is 2.32. The zero-order valence-corrected chi connectivity index (χ0v) is 11.0. The van der Waals surface area contributed by atoms with E-state index in [1.807, 2.05) is 0 Å². The lowest BCUT2D eigenvalue weighted by Gasteiger charge is -2.24. The summed E-state index contributed by atoms with van der Waals surface area (Å²) in [6, 6.07) is 5.29. The van der Waals surface area contributed by atoms with Gasteiger partial charge in [-0.05, 0) is 43.1 Å². The lowest BCUT2D eigenvalue weighted by atomic mass is 9.80. The fraction of sp³-hybridized carbons (Fsp3) is 0.462. The molecular formula is C13H16ClNO3. The van der Waals surface area contributed by atoms with Gasteiger partial charge in [0.1, 0.15) is 5.75 Å². The molecule has 1 aromatic carbocycles. The predicted octanol–water partition coefficient (Wildman–Crippen LogP) is 1.96. The molecule has 0 saturated carbocycles. The first-order valence-corrected chi connectivity index (χ1v) is 6.22. The normalized spacial score (nSPS) is 23.0. The maximum absolute atomic E-state index is 11.5. The molecule has 1 unspecified atom stereocenters. The van der Waals surface area contributed by atoms with Gasteiger partial charge in [-0.25, -0.2) is 0 Å². The Morgan fingerprint density at radius 2 is 2.39 bits per heavy atom. The van der Waals surface area contributed by atoms with Crippen LogP contribution in [0.5, 0.6) is 5.75 Å². The number of carboxylic acids is 1. The van der Waals surface area contributed by atoms with E-state index < -0.39 is 11.4 Å². The van der Waals surface area contributed by atoms with Crippen molar-refractivity contribution in [3.05, 3.63) is 28.8 Å². The Morgan fingerprint density at radius 3 is 2.94 bits per heavy atom. The molecule has 18 heavy (non-hydrogen) atoms. The van der Waals surface area contributed by atoms with Crippen molar-refractivity contribution in [1.82, 2.24) is 5.32 Å². The smallest absolute Gasteiger partial charge is 0.311 e. The van der Waals surface area contributed by atoms with Gasteiger partial charge in [-0.15, -0.1) is 0 Å². The molecule has 2 N–H and O–H groups in total. The molecule has 98 valence electrons. The SMILES string of the molecule is COc1ccc(Cl)cc1CC1(C(=O)O)CCNC1. The van der Waals surface area contributed by atoms with Gasteiger partial charge in [-0.2, -0.15) is 0 Å². The van der Waals surface area contributed by atoms with E-state index in [1.54, 1.807) is 25.3 Å². The number of ether oxygens (including phenoxy) is 1. The van der Waals surface area contributed by atoms with Gasteiger partial charge in [0.2, 0.25) is 0 Å². The molecule has 2 rings (SSSR count). The lowest BCUT2D eigenvalue weighted by Crippen LogP contribution is -2.35. The number of carbonyl (C=O) groups is 1. The summed E-state index contributed by atoms with van der Waals surface area (Å²) in [5.41, 5.74) is 0.0916. The van der Waals surface area contributed by atoms with Crippen molar-refractivity contribution in [2.45, 2.75) is 12.8 Å². The van der Waals surface area contributed by atoms with Crippen LogP contribution in [-0.2, 0) is 11.2 Å². The van der Waals surface area contributed by atoms with E-state index in [0.29, 0.717) is 30.2 Å². The van der Waals surface area contributed by atoms with Gasteiger partial charge >= 0.3 is 5.97 Å². The van der Waals surface area contributed by atoms with Crippen molar-refractivity contribution >= 4 is 17.6 Å². The van der Waals surface area contributed by atoms with Crippen molar-refractivity contribution in [2.75, 3.05) is 20.2 Å². The number of hydrogen-bond donors (Lipinski definition) is 2. The van der Waals surface area contributed by atoms with Gasteiger partial charge in [0.25, 0.3) is 0 Å². The molecular weight excluding hydrogens is 254 g/mol. The van der Waals surface area contributed by atoms with E-state index in [0.717, 1.165) is 12.1 Å². The number of rotatable bonds is 4. The Morgan fingerprint density at radius 1 is 1.61 bits per heavy atom. The van der Waals surface area contributed by atoms with E-state index in [4.69, 9.17) is 16.3 Å². The summed E-state index contributed by atoms with van der Waals surface area (Å²) >= 11 is 5.97. The zero-order valence-electron chi connectivity index (χ0n) is 10.2. The maximum atomic E-state index is 11.5. The Bertz CT molecular complexity index is 456. The van der Waals surface area contributed by atoms with Crippen molar-refractivity contribution in [3.63, 3.8) is 0 Å². The highest BCUT2D eigenvalue weighted by Crippen LogP contribution is 2.34. The molecule has 0 aliphatic carbocycles. The summed E-state index contributed by atoms with van der Waals surface area (Å²) in [5, 5.41) is 13.2. The number of benzene rings is 1. The molecule has 1 atom stereocenters. The van der Waals surface area contributed by atoms with Crippen LogP contribution in [-0.4, -0.2) is 31.3 Å². The molecule has 0 bridgehead atoms. The van der Waals surface area contributed by atoms with E-state index in [2.05, 4.69) is 5.32 Å². The van der Waals surface area contributed by atoms with Crippen LogP contribution in [0.1, 0.15) is 12.0 Å². The fourth-order valence-electron chi connectivity index (χ4n) is 2.40. The minimum Gasteiger partial charge on any atom is -0.496 e. The Hall–Kier alpha value is -1.26. The van der Waals surface area contributed by atoms with Crippen LogP contribution in [0.4, 0.5) is 0 Å². The second kappa shape index (κ2) is 5.16. The van der Waals surface area contributed by atoms with Crippen molar-refractivity contribution in [1.29, 1.82) is 0 Å². The van der Waals surface area contributed by atoms with Crippen molar-refractivity contribution < 1.29 is 14.6 Å². The van der Waals surface area contributed by atoms with E-state index in [-0.39, 0.29) is 0 Å². The standard InChI is InChI=1S/C13H16ClNO3/c1-18-11-3-2-10(14)6-9(11)7-13(12(16)17)4-5-15-8-13/h2-3,6,15H,4-5,7-8H2,1H3,(H,16,17). The predicted molar refractivity (Wildman–Crippen MR) is 69.3 cm³/mol. The number of carboxylic acid groups (broad SMARTS) is 1. The van der Waals surface area contributed by atoms with Crippen molar-refractivity contribution in [2.24, 2.45) is 5.41 Å². The van der Waals surface area contributed by atoms with Gasteiger partial charge in [0.15, 0.2) is 0 Å². The first-order chi connectivity index (χ1) is 8.57. The van der Waals surface area contributed by atoms with Crippen molar-refractivity contribution in [3.8, 4) is 5.75 Å². The quantitative estimate of drug-likeness (QED) is 0.877. The van der Waals surface area contributed by atoms with E-state index >= 15 is 0 Å². The van der Waals surface area contributed by atoms with Gasteiger partial charge < -0.3 is 15.2 Å². The van der Waals surface area contributed by atoms with Crippen LogP contribution < -0.4 is 10.1 Å². The average Bonchev–Trinajstić information content (AvgIpc) is 2.79. The highest BCUT2D eigenvalue weighted by atomic mass is 35.5. The zero-order chi connectivity index (χ0) is 13.2. The maximum Gasteiger partial charge on any atom is 0.311 e. The van der Waals surface area contributed by atoms with Gasteiger partial charge in [0.05, 0.1) is 12.5 Å². The number of hydrogen-bond acceptors (Lipinski definition) is 3. The highest BCUT2D eigenvalue weighted by Gasteiger charge is 2.41. The van der Waals surface area contributed by atoms with Crippen LogP contribution in [0.15, 0.2) is 18.2 Å². The highest BCUT2D eigenvalue weighted by molar-refractivity contribution is 6.30. The third-order valence-electron chi connectivity index (χ3n) is 3.47.